The zero-order valence-corrected chi connectivity index (χ0v) is 18.5. The second-order valence-electron chi connectivity index (χ2n) is 6.76. The van der Waals surface area contributed by atoms with Crippen molar-refractivity contribution in [3.63, 3.8) is 0 Å². The Balaban J connectivity index is 1.54. The van der Waals surface area contributed by atoms with Gasteiger partial charge in [0.1, 0.15) is 18.5 Å². The first-order valence-corrected chi connectivity index (χ1v) is 10.6. The molecule has 1 aliphatic rings. The Morgan fingerprint density at radius 1 is 1.18 bits per heavy atom. The largest absolute Gasteiger partial charge is 0.491 e. The predicted octanol–water partition coefficient (Wildman–Crippen LogP) is 5.06. The third kappa shape index (κ3) is 4.33. The van der Waals surface area contributed by atoms with Crippen LogP contribution in [0.4, 0.5) is 0 Å². The highest BCUT2D eigenvalue weighted by atomic mass is 79.9. The number of benzene rings is 2. The number of hydrogen-bond acceptors (Lipinski definition) is 4. The van der Waals surface area contributed by atoms with Crippen LogP contribution >= 0.6 is 31.9 Å². The van der Waals surface area contributed by atoms with Crippen LogP contribution in [0.5, 0.6) is 5.75 Å². The first kappa shape index (κ1) is 19.6. The molecule has 2 atom stereocenters. The number of aromatic nitrogens is 2. The summed E-state index contributed by atoms with van der Waals surface area (Å²) in [5.41, 5.74) is 2.11. The molecule has 2 heterocycles. The minimum Gasteiger partial charge on any atom is -0.491 e. The van der Waals surface area contributed by atoms with Crippen LogP contribution < -0.4 is 4.74 Å². The van der Waals surface area contributed by atoms with Crippen molar-refractivity contribution in [3.8, 4) is 5.75 Å². The van der Waals surface area contributed by atoms with Gasteiger partial charge in [-0.3, -0.25) is 0 Å². The first-order chi connectivity index (χ1) is 13.5. The van der Waals surface area contributed by atoms with E-state index in [1.807, 2.05) is 47.2 Å². The predicted molar refractivity (Wildman–Crippen MR) is 113 cm³/mol. The summed E-state index contributed by atoms with van der Waals surface area (Å²) < 4.78 is 22.6. The van der Waals surface area contributed by atoms with E-state index in [1.165, 1.54) is 0 Å². The van der Waals surface area contributed by atoms with Crippen LogP contribution in [0.2, 0.25) is 0 Å². The van der Waals surface area contributed by atoms with Crippen molar-refractivity contribution < 1.29 is 14.2 Å². The molecule has 0 saturated carbocycles. The Hall–Kier alpha value is -1.67. The van der Waals surface area contributed by atoms with Gasteiger partial charge in [-0.25, -0.2) is 4.98 Å². The number of hydrogen-bond donors (Lipinski definition) is 0. The minimum absolute atomic E-state index is 0.171. The Bertz CT molecular complexity index is 931. The molecule has 0 radical (unpaired) electrons. The lowest BCUT2D eigenvalue weighted by Crippen LogP contribution is -2.35. The Kier molecular flexibility index (Phi) is 5.87. The molecule has 28 heavy (non-hydrogen) atoms. The molecule has 7 heteroatoms. The lowest BCUT2D eigenvalue weighted by Gasteiger charge is -2.30. The molecule has 1 aliphatic heterocycles. The normalized spacial score (nSPS) is 21.8. The molecule has 5 nitrogen and oxygen atoms in total. The summed E-state index contributed by atoms with van der Waals surface area (Å²) in [6.45, 7) is 3.46. The van der Waals surface area contributed by atoms with Crippen LogP contribution in [-0.4, -0.2) is 28.9 Å². The van der Waals surface area contributed by atoms with Crippen molar-refractivity contribution in [3.05, 3.63) is 81.3 Å². The molecule has 0 amide bonds. The Labute approximate surface area is 180 Å². The molecule has 0 N–H and O–H groups in total. The van der Waals surface area contributed by atoms with E-state index in [1.54, 1.807) is 12.5 Å². The third-order valence-electron chi connectivity index (χ3n) is 4.66. The average molecular weight is 508 g/mol. The Morgan fingerprint density at radius 3 is 2.68 bits per heavy atom. The van der Waals surface area contributed by atoms with Crippen molar-refractivity contribution in [2.24, 2.45) is 0 Å². The van der Waals surface area contributed by atoms with Crippen LogP contribution in [-0.2, 0) is 21.8 Å². The molecule has 1 aromatic heterocycles. The molecular formula is C21H20Br2N2O3. The molecule has 0 spiro atoms. The summed E-state index contributed by atoms with van der Waals surface area (Å²) in [6, 6.07) is 13.9. The number of aryl methyl sites for hydroxylation is 1. The molecule has 2 aromatic carbocycles. The van der Waals surface area contributed by atoms with Gasteiger partial charge in [0.05, 0.1) is 19.5 Å². The van der Waals surface area contributed by atoms with Crippen LogP contribution in [0.3, 0.4) is 0 Å². The zero-order chi connectivity index (χ0) is 19.6. The molecular weight excluding hydrogens is 488 g/mol. The second kappa shape index (κ2) is 8.37. The standard InChI is InChI=1S/C21H20Br2N2O3/c1-15-10-17(23)4-7-20(15)21(13-25-9-8-24-14-25)27-12-19(28-21)11-26-18-5-2-16(22)3-6-18/h2-10,14,19H,11-13H2,1H3/t19-,21-/m1/s1. The number of halogens is 2. The van der Waals surface area contributed by atoms with Gasteiger partial charge in [0.25, 0.3) is 0 Å². The summed E-state index contributed by atoms with van der Waals surface area (Å²) in [4.78, 5) is 4.14. The summed E-state index contributed by atoms with van der Waals surface area (Å²) in [6.07, 6.45) is 5.27. The van der Waals surface area contributed by atoms with Crippen molar-refractivity contribution in [2.75, 3.05) is 13.2 Å². The van der Waals surface area contributed by atoms with E-state index in [0.717, 1.165) is 25.8 Å². The number of nitrogens with zero attached hydrogens (tertiary/aromatic N) is 2. The van der Waals surface area contributed by atoms with Crippen LogP contribution in [0.25, 0.3) is 0 Å². The summed E-state index contributed by atoms with van der Waals surface area (Å²) >= 11 is 6.96. The van der Waals surface area contributed by atoms with Crippen LogP contribution in [0.15, 0.2) is 70.1 Å². The highest BCUT2D eigenvalue weighted by molar-refractivity contribution is 9.10. The van der Waals surface area contributed by atoms with Crippen molar-refractivity contribution in [2.45, 2.75) is 25.4 Å². The molecule has 0 aliphatic carbocycles. The maximum Gasteiger partial charge on any atom is 0.214 e. The van der Waals surface area contributed by atoms with Gasteiger partial charge in [-0.05, 0) is 48.9 Å². The lowest BCUT2D eigenvalue weighted by atomic mass is 10.00. The van der Waals surface area contributed by atoms with Gasteiger partial charge in [-0.2, -0.15) is 0 Å². The first-order valence-electron chi connectivity index (χ1n) is 8.97. The minimum atomic E-state index is -0.876. The molecule has 1 fully saturated rings. The van der Waals surface area contributed by atoms with E-state index in [0.29, 0.717) is 19.8 Å². The van der Waals surface area contributed by atoms with Gasteiger partial charge in [-0.1, -0.05) is 37.9 Å². The fourth-order valence-corrected chi connectivity index (χ4v) is 4.09. The smallest absolute Gasteiger partial charge is 0.214 e. The van der Waals surface area contributed by atoms with Gasteiger partial charge >= 0.3 is 0 Å². The fourth-order valence-electron chi connectivity index (χ4n) is 3.35. The molecule has 0 unspecified atom stereocenters. The second-order valence-corrected chi connectivity index (χ2v) is 8.59. The number of imidazole rings is 1. The Morgan fingerprint density at radius 2 is 1.96 bits per heavy atom. The highest BCUT2D eigenvalue weighted by Crippen LogP contribution is 2.38. The average Bonchev–Trinajstić information content (AvgIpc) is 3.32. The van der Waals surface area contributed by atoms with Gasteiger partial charge in [-0.15, -0.1) is 0 Å². The van der Waals surface area contributed by atoms with E-state index in [4.69, 9.17) is 14.2 Å². The maximum absolute atomic E-state index is 6.45. The maximum atomic E-state index is 6.45. The number of rotatable bonds is 6. The van der Waals surface area contributed by atoms with E-state index < -0.39 is 5.79 Å². The third-order valence-corrected chi connectivity index (χ3v) is 5.68. The zero-order valence-electron chi connectivity index (χ0n) is 15.3. The fraction of sp³-hybridized carbons (Fsp3) is 0.286. The molecule has 146 valence electrons. The lowest BCUT2D eigenvalue weighted by molar-refractivity contribution is -0.189. The van der Waals surface area contributed by atoms with E-state index in [2.05, 4.69) is 49.8 Å². The summed E-state index contributed by atoms with van der Waals surface area (Å²) in [5, 5.41) is 0. The van der Waals surface area contributed by atoms with Gasteiger partial charge in [0.15, 0.2) is 0 Å². The van der Waals surface area contributed by atoms with Crippen LogP contribution in [0, 0.1) is 6.92 Å². The molecule has 4 rings (SSSR count). The highest BCUT2D eigenvalue weighted by Gasteiger charge is 2.44. The van der Waals surface area contributed by atoms with E-state index >= 15 is 0 Å². The molecule has 0 bridgehead atoms. The van der Waals surface area contributed by atoms with Crippen molar-refractivity contribution in [1.29, 1.82) is 0 Å². The number of ether oxygens (including phenoxy) is 3. The van der Waals surface area contributed by atoms with Crippen LogP contribution in [0.1, 0.15) is 11.1 Å². The molecule has 3 aromatic rings. The monoisotopic (exact) mass is 506 g/mol. The topological polar surface area (TPSA) is 45.5 Å². The van der Waals surface area contributed by atoms with Gasteiger partial charge in [0, 0.05) is 26.9 Å². The van der Waals surface area contributed by atoms with Gasteiger partial charge in [0.2, 0.25) is 5.79 Å². The quantitative estimate of drug-likeness (QED) is 0.467. The van der Waals surface area contributed by atoms with E-state index in [9.17, 15) is 0 Å². The SMILES string of the molecule is Cc1cc(Br)ccc1[C@]1(Cn2ccnc2)OC[C@@H](COc2ccc(Br)cc2)O1. The summed E-state index contributed by atoms with van der Waals surface area (Å²) in [7, 11) is 0. The molecule has 1 saturated heterocycles. The van der Waals surface area contributed by atoms with Gasteiger partial charge < -0.3 is 18.8 Å². The van der Waals surface area contributed by atoms with Crippen molar-refractivity contribution >= 4 is 31.9 Å². The summed E-state index contributed by atoms with van der Waals surface area (Å²) in [5.74, 6) is -0.0714. The van der Waals surface area contributed by atoms with E-state index in [-0.39, 0.29) is 6.10 Å². The van der Waals surface area contributed by atoms with Crippen molar-refractivity contribution in [1.82, 2.24) is 9.55 Å².